The van der Waals surface area contributed by atoms with Crippen molar-refractivity contribution in [1.82, 2.24) is 0 Å². The smallest absolute Gasteiger partial charge is 0.334 e. The van der Waals surface area contributed by atoms with Crippen LogP contribution in [0.3, 0.4) is 0 Å². The fourth-order valence-corrected chi connectivity index (χ4v) is 1.69. The molecule has 1 aliphatic carbocycles. The molecular weight excluding hydrogens is 158 g/mol. The van der Waals surface area contributed by atoms with Crippen LogP contribution in [0.5, 0.6) is 0 Å². The third kappa shape index (κ3) is 1.28. The zero-order chi connectivity index (χ0) is 9.19. The lowest BCUT2D eigenvalue weighted by atomic mass is 9.82. The zero-order valence-electron chi connectivity index (χ0n) is 6.66. The molecule has 0 radical (unpaired) electrons. The van der Waals surface area contributed by atoms with E-state index in [1.807, 2.05) is 6.07 Å². The van der Waals surface area contributed by atoms with Gasteiger partial charge in [0.2, 0.25) is 0 Å². The van der Waals surface area contributed by atoms with Crippen molar-refractivity contribution in [2.24, 2.45) is 5.41 Å². The van der Waals surface area contributed by atoms with E-state index in [1.54, 1.807) is 0 Å². The molecule has 0 bridgehead atoms. The lowest BCUT2D eigenvalue weighted by Gasteiger charge is -2.22. The third-order valence-electron chi connectivity index (χ3n) is 2.48. The average molecular weight is 169 g/mol. The number of rotatable bonds is 2. The molecule has 0 aromatic carbocycles. The number of aliphatic hydroxyl groups excluding tert-OH is 1. The van der Waals surface area contributed by atoms with Crippen molar-refractivity contribution >= 4 is 5.97 Å². The second kappa shape index (κ2) is 3.11. The second-order valence-electron chi connectivity index (χ2n) is 3.22. The molecule has 0 aromatic rings. The Bertz CT molecular complexity index is 225. The molecule has 2 N–H and O–H groups in total. The summed E-state index contributed by atoms with van der Waals surface area (Å²) in [6, 6.07) is 1.93. The highest BCUT2D eigenvalue weighted by molar-refractivity contribution is 5.73. The Morgan fingerprint density at radius 2 is 2.00 bits per heavy atom. The standard InChI is InChI=1S/C8H11NO3/c9-5-8(3-1-2-4-8)6(10)7(11)12/h6,10H,1-4H2,(H,11,12). The molecule has 0 saturated heterocycles. The molecule has 1 atom stereocenters. The number of hydrogen-bond donors (Lipinski definition) is 2. The van der Waals surface area contributed by atoms with Crippen molar-refractivity contribution in [3.8, 4) is 6.07 Å². The first-order valence-corrected chi connectivity index (χ1v) is 3.94. The topological polar surface area (TPSA) is 81.3 Å². The number of carbonyl (C=O) groups is 1. The molecule has 1 aliphatic rings. The van der Waals surface area contributed by atoms with Gasteiger partial charge < -0.3 is 10.2 Å². The second-order valence-corrected chi connectivity index (χ2v) is 3.22. The number of hydrogen-bond acceptors (Lipinski definition) is 3. The predicted molar refractivity (Wildman–Crippen MR) is 40.2 cm³/mol. The van der Waals surface area contributed by atoms with E-state index in [9.17, 15) is 9.90 Å². The Balaban J connectivity index is 2.81. The van der Waals surface area contributed by atoms with Crippen molar-refractivity contribution in [2.75, 3.05) is 0 Å². The van der Waals surface area contributed by atoms with Gasteiger partial charge in [0.1, 0.15) is 0 Å². The van der Waals surface area contributed by atoms with Crippen molar-refractivity contribution < 1.29 is 15.0 Å². The molecular formula is C8H11NO3. The van der Waals surface area contributed by atoms with Crippen LogP contribution in [0.1, 0.15) is 25.7 Å². The molecule has 4 heteroatoms. The maximum atomic E-state index is 10.4. The molecule has 66 valence electrons. The summed E-state index contributed by atoms with van der Waals surface area (Å²) in [6.07, 6.45) is 1.13. The Labute approximate surface area is 70.4 Å². The van der Waals surface area contributed by atoms with Gasteiger partial charge >= 0.3 is 5.97 Å². The fourth-order valence-electron chi connectivity index (χ4n) is 1.69. The molecule has 0 aromatic heterocycles. The van der Waals surface area contributed by atoms with Crippen LogP contribution in [0, 0.1) is 16.7 Å². The van der Waals surface area contributed by atoms with Crippen molar-refractivity contribution in [2.45, 2.75) is 31.8 Å². The van der Waals surface area contributed by atoms with Crippen molar-refractivity contribution in [3.05, 3.63) is 0 Å². The third-order valence-corrected chi connectivity index (χ3v) is 2.48. The quantitative estimate of drug-likeness (QED) is 0.631. The first-order valence-electron chi connectivity index (χ1n) is 3.94. The van der Waals surface area contributed by atoms with E-state index in [-0.39, 0.29) is 0 Å². The van der Waals surface area contributed by atoms with Crippen LogP contribution < -0.4 is 0 Å². The molecule has 0 heterocycles. The molecule has 1 fully saturated rings. The van der Waals surface area contributed by atoms with Gasteiger partial charge in [-0.2, -0.15) is 5.26 Å². The lowest BCUT2D eigenvalue weighted by molar-refractivity contribution is -0.152. The highest BCUT2D eigenvalue weighted by Crippen LogP contribution is 2.40. The minimum absolute atomic E-state index is 0.497. The summed E-state index contributed by atoms with van der Waals surface area (Å²) >= 11 is 0. The number of aliphatic hydroxyl groups is 1. The molecule has 12 heavy (non-hydrogen) atoms. The van der Waals surface area contributed by atoms with E-state index in [0.717, 1.165) is 12.8 Å². The minimum atomic E-state index is -1.52. The maximum Gasteiger partial charge on any atom is 0.334 e. The number of nitrogens with zero attached hydrogens (tertiary/aromatic N) is 1. The van der Waals surface area contributed by atoms with E-state index >= 15 is 0 Å². The first kappa shape index (κ1) is 9.01. The summed E-state index contributed by atoms with van der Waals surface area (Å²) in [6.45, 7) is 0. The van der Waals surface area contributed by atoms with Crippen LogP contribution in [-0.2, 0) is 4.79 Å². The molecule has 0 spiro atoms. The minimum Gasteiger partial charge on any atom is -0.479 e. The van der Waals surface area contributed by atoms with Crippen LogP contribution in [0.2, 0.25) is 0 Å². The normalized spacial score (nSPS) is 23.0. The van der Waals surface area contributed by atoms with Gasteiger partial charge in [-0.3, -0.25) is 0 Å². The Morgan fingerprint density at radius 1 is 1.50 bits per heavy atom. The summed E-state index contributed by atoms with van der Waals surface area (Å²) in [4.78, 5) is 10.4. The van der Waals surface area contributed by atoms with E-state index in [4.69, 9.17) is 10.4 Å². The van der Waals surface area contributed by atoms with Crippen molar-refractivity contribution in [1.29, 1.82) is 5.26 Å². The summed E-state index contributed by atoms with van der Waals surface area (Å²) in [7, 11) is 0. The largest absolute Gasteiger partial charge is 0.479 e. The van der Waals surface area contributed by atoms with Gasteiger partial charge in [-0.1, -0.05) is 12.8 Å². The molecule has 1 rings (SSSR count). The summed E-state index contributed by atoms with van der Waals surface area (Å²) in [5.41, 5.74) is -1.02. The Morgan fingerprint density at radius 3 is 2.33 bits per heavy atom. The van der Waals surface area contributed by atoms with Crippen LogP contribution in [0.4, 0.5) is 0 Å². The number of aliphatic carboxylic acids is 1. The predicted octanol–water partition coefficient (Wildman–Crippen LogP) is 0.516. The van der Waals surface area contributed by atoms with Crippen molar-refractivity contribution in [3.63, 3.8) is 0 Å². The van der Waals surface area contributed by atoms with E-state index < -0.39 is 17.5 Å². The monoisotopic (exact) mass is 169 g/mol. The Kier molecular flexibility index (Phi) is 2.34. The van der Waals surface area contributed by atoms with Crippen LogP contribution >= 0.6 is 0 Å². The van der Waals surface area contributed by atoms with E-state index in [0.29, 0.717) is 12.8 Å². The van der Waals surface area contributed by atoms with Gasteiger partial charge in [0.25, 0.3) is 0 Å². The van der Waals surface area contributed by atoms with Gasteiger partial charge in [-0.05, 0) is 12.8 Å². The first-order chi connectivity index (χ1) is 5.62. The van der Waals surface area contributed by atoms with Crippen LogP contribution in [0.15, 0.2) is 0 Å². The van der Waals surface area contributed by atoms with Gasteiger partial charge in [-0.25, -0.2) is 4.79 Å². The highest BCUT2D eigenvalue weighted by atomic mass is 16.4. The SMILES string of the molecule is N#CC1(C(O)C(=O)O)CCCC1. The fraction of sp³-hybridized carbons (Fsp3) is 0.750. The molecule has 4 nitrogen and oxygen atoms in total. The highest BCUT2D eigenvalue weighted by Gasteiger charge is 2.44. The Hall–Kier alpha value is -1.08. The molecule has 0 amide bonds. The molecule has 1 saturated carbocycles. The van der Waals surface area contributed by atoms with Gasteiger partial charge in [0.05, 0.1) is 11.5 Å². The zero-order valence-corrected chi connectivity index (χ0v) is 6.66. The van der Waals surface area contributed by atoms with Gasteiger partial charge in [0, 0.05) is 0 Å². The average Bonchev–Trinajstić information content (AvgIpc) is 2.52. The lowest BCUT2D eigenvalue weighted by Crippen LogP contribution is -2.37. The van der Waals surface area contributed by atoms with Gasteiger partial charge in [-0.15, -0.1) is 0 Å². The number of nitriles is 1. The number of carboxylic acid groups (broad SMARTS) is 1. The summed E-state index contributed by atoms with van der Waals surface area (Å²) < 4.78 is 0. The van der Waals surface area contributed by atoms with Crippen LogP contribution in [0.25, 0.3) is 0 Å². The van der Waals surface area contributed by atoms with Gasteiger partial charge in [0.15, 0.2) is 6.10 Å². The number of carboxylic acids is 1. The van der Waals surface area contributed by atoms with E-state index in [2.05, 4.69) is 0 Å². The summed E-state index contributed by atoms with van der Waals surface area (Å²) in [5, 5.41) is 26.6. The maximum absolute atomic E-state index is 10.4. The van der Waals surface area contributed by atoms with E-state index in [1.165, 1.54) is 0 Å². The molecule has 1 unspecified atom stereocenters. The summed E-state index contributed by atoms with van der Waals surface area (Å²) in [5.74, 6) is -1.29. The van der Waals surface area contributed by atoms with Crippen LogP contribution in [-0.4, -0.2) is 22.3 Å². The molecule has 0 aliphatic heterocycles.